The maximum Gasteiger partial charge on any atom is 0.389 e. The first-order valence-electron chi connectivity index (χ1n) is 10.7. The zero-order valence-corrected chi connectivity index (χ0v) is 18.7. The highest BCUT2D eigenvalue weighted by Gasteiger charge is 2.32. The number of hydrogen-bond donors (Lipinski definition) is 2. The van der Waals surface area contributed by atoms with Crippen LogP contribution >= 0.6 is 0 Å². The Balaban J connectivity index is 1.77. The van der Waals surface area contributed by atoms with Gasteiger partial charge in [0.15, 0.2) is 0 Å². The molecule has 0 aromatic heterocycles. The number of nitrogens with zero attached hydrogens (tertiary/aromatic N) is 2. The van der Waals surface area contributed by atoms with Gasteiger partial charge in [0.1, 0.15) is 6.04 Å². The summed E-state index contributed by atoms with van der Waals surface area (Å²) < 4.78 is 36.8. The van der Waals surface area contributed by atoms with Crippen LogP contribution < -0.4 is 15.5 Å². The van der Waals surface area contributed by atoms with Gasteiger partial charge in [-0.05, 0) is 19.4 Å². The Morgan fingerprint density at radius 3 is 2.41 bits per heavy atom. The van der Waals surface area contributed by atoms with Gasteiger partial charge in [-0.15, -0.1) is 0 Å². The van der Waals surface area contributed by atoms with Gasteiger partial charge in [-0.25, -0.2) is 4.99 Å². The summed E-state index contributed by atoms with van der Waals surface area (Å²) in [6.45, 7) is 1.39. The van der Waals surface area contributed by atoms with Crippen LogP contribution in [0.3, 0.4) is 0 Å². The summed E-state index contributed by atoms with van der Waals surface area (Å²) in [4.78, 5) is 43.7. The first kappa shape index (κ1) is 24.9. The second-order valence-corrected chi connectivity index (χ2v) is 7.93. The molecule has 10 heteroatoms. The maximum absolute atomic E-state index is 13.1. The van der Waals surface area contributed by atoms with Crippen LogP contribution in [0.1, 0.15) is 37.3 Å². The van der Waals surface area contributed by atoms with Crippen molar-refractivity contribution in [1.82, 2.24) is 10.6 Å². The number of aliphatic imine (C=N–C) groups is 1. The summed E-state index contributed by atoms with van der Waals surface area (Å²) in [6, 6.07) is 15.4. The van der Waals surface area contributed by atoms with Crippen LogP contribution in [-0.4, -0.2) is 48.9 Å². The molecule has 0 fully saturated rings. The van der Waals surface area contributed by atoms with Crippen molar-refractivity contribution in [3.63, 3.8) is 0 Å². The molecule has 1 heterocycles. The molecule has 0 aliphatic carbocycles. The van der Waals surface area contributed by atoms with E-state index in [1.165, 1.54) is 11.8 Å². The normalized spacial score (nSPS) is 16.7. The summed E-state index contributed by atoms with van der Waals surface area (Å²) >= 11 is 0. The lowest BCUT2D eigenvalue weighted by Crippen LogP contribution is -2.52. The quantitative estimate of drug-likeness (QED) is 0.646. The highest BCUT2D eigenvalue weighted by molar-refractivity contribution is 6.20. The molecule has 3 rings (SSSR count). The number of alkyl halides is 3. The molecular formula is C24H25F3N4O3. The Morgan fingerprint density at radius 1 is 1.09 bits per heavy atom. The van der Waals surface area contributed by atoms with Crippen molar-refractivity contribution in [2.24, 2.45) is 4.99 Å². The lowest BCUT2D eigenvalue weighted by Gasteiger charge is -2.22. The van der Waals surface area contributed by atoms with E-state index in [2.05, 4.69) is 15.6 Å². The zero-order chi connectivity index (χ0) is 24.9. The summed E-state index contributed by atoms with van der Waals surface area (Å²) in [7, 11) is 1.58. The van der Waals surface area contributed by atoms with E-state index in [1.54, 1.807) is 19.2 Å². The number of likely N-dealkylation sites (N-methyl/N-ethyl adjacent to an activating group) is 1. The molecule has 3 amide bonds. The van der Waals surface area contributed by atoms with Crippen LogP contribution in [0.2, 0.25) is 0 Å². The van der Waals surface area contributed by atoms with E-state index >= 15 is 0 Å². The van der Waals surface area contributed by atoms with Crippen LogP contribution in [-0.2, 0) is 14.4 Å². The number of hydrogen-bond acceptors (Lipinski definition) is 4. The molecule has 0 bridgehead atoms. The topological polar surface area (TPSA) is 90.9 Å². The van der Waals surface area contributed by atoms with Gasteiger partial charge in [0, 0.05) is 31.0 Å². The molecule has 180 valence electrons. The van der Waals surface area contributed by atoms with E-state index in [1.807, 2.05) is 42.5 Å². The van der Waals surface area contributed by atoms with Gasteiger partial charge in [0.2, 0.25) is 18.0 Å². The lowest BCUT2D eigenvalue weighted by molar-refractivity contribution is -0.138. The Morgan fingerprint density at radius 2 is 1.74 bits per heavy atom. The van der Waals surface area contributed by atoms with Gasteiger partial charge in [0.05, 0.1) is 11.4 Å². The van der Waals surface area contributed by atoms with E-state index in [9.17, 15) is 27.6 Å². The summed E-state index contributed by atoms with van der Waals surface area (Å²) in [5.41, 5.74) is 2.61. The number of carbonyl (C=O) groups is 3. The second kappa shape index (κ2) is 10.5. The fourth-order valence-corrected chi connectivity index (χ4v) is 3.53. The van der Waals surface area contributed by atoms with Gasteiger partial charge < -0.3 is 15.5 Å². The molecule has 2 atom stereocenters. The Bertz CT molecular complexity index is 1090. The minimum atomic E-state index is -4.35. The van der Waals surface area contributed by atoms with E-state index in [0.717, 1.165) is 5.56 Å². The molecule has 7 nitrogen and oxygen atoms in total. The number of fused-ring (bicyclic) bond motifs is 1. The van der Waals surface area contributed by atoms with Crippen molar-refractivity contribution in [3.05, 3.63) is 65.7 Å². The highest BCUT2D eigenvalue weighted by Crippen LogP contribution is 2.27. The fraction of sp³-hybridized carbons (Fsp3) is 0.333. The van der Waals surface area contributed by atoms with Crippen molar-refractivity contribution in [2.45, 2.75) is 44.6 Å². The number of rotatable bonds is 7. The predicted molar refractivity (Wildman–Crippen MR) is 121 cm³/mol. The molecule has 2 aromatic carbocycles. The third kappa shape index (κ3) is 6.21. The smallest absolute Gasteiger partial charge is 0.345 e. The molecule has 0 saturated carbocycles. The van der Waals surface area contributed by atoms with E-state index in [-0.39, 0.29) is 12.8 Å². The minimum absolute atomic E-state index is 0.367. The van der Waals surface area contributed by atoms with Gasteiger partial charge in [-0.2, -0.15) is 13.2 Å². The van der Waals surface area contributed by atoms with E-state index < -0.39 is 42.5 Å². The molecule has 0 radical (unpaired) electrons. The molecule has 34 heavy (non-hydrogen) atoms. The van der Waals surface area contributed by atoms with Crippen LogP contribution in [0.15, 0.2) is 59.6 Å². The van der Waals surface area contributed by atoms with Gasteiger partial charge in [-0.3, -0.25) is 14.4 Å². The Labute approximate surface area is 195 Å². The Kier molecular flexibility index (Phi) is 7.70. The van der Waals surface area contributed by atoms with Gasteiger partial charge in [-0.1, -0.05) is 48.5 Å². The molecular weight excluding hydrogens is 449 g/mol. The molecule has 0 saturated heterocycles. The number of nitrogens with one attached hydrogen (secondary N) is 2. The number of anilines is 1. The zero-order valence-electron chi connectivity index (χ0n) is 18.7. The number of benzodiazepines with no additional fused rings is 1. The molecule has 0 spiro atoms. The second-order valence-electron chi connectivity index (χ2n) is 7.93. The van der Waals surface area contributed by atoms with Gasteiger partial charge >= 0.3 is 6.18 Å². The lowest BCUT2D eigenvalue weighted by atomic mass is 10.0. The number of benzene rings is 2. The van der Waals surface area contributed by atoms with Crippen molar-refractivity contribution >= 4 is 29.1 Å². The SMILES string of the molecule is C[C@H](NC(=O)CCCC(F)(F)F)C(=O)N[C@H]1N=C(c2ccccc2)c2ccccc2N(C)C1=O. The number of carbonyl (C=O) groups excluding carboxylic acids is 3. The average molecular weight is 474 g/mol. The third-order valence-electron chi connectivity index (χ3n) is 5.30. The third-order valence-corrected chi connectivity index (χ3v) is 5.30. The predicted octanol–water partition coefficient (Wildman–Crippen LogP) is 3.18. The maximum atomic E-state index is 13.1. The number of halogens is 3. The first-order valence-corrected chi connectivity index (χ1v) is 10.7. The molecule has 1 aliphatic heterocycles. The first-order chi connectivity index (χ1) is 16.1. The molecule has 2 aromatic rings. The summed E-state index contributed by atoms with van der Waals surface area (Å²) in [6.07, 6.45) is -7.43. The van der Waals surface area contributed by atoms with Crippen LogP contribution in [0.5, 0.6) is 0 Å². The molecule has 1 aliphatic rings. The van der Waals surface area contributed by atoms with Crippen molar-refractivity contribution < 1.29 is 27.6 Å². The number of para-hydroxylation sites is 1. The van der Waals surface area contributed by atoms with Gasteiger partial charge in [0.25, 0.3) is 5.91 Å². The van der Waals surface area contributed by atoms with Crippen molar-refractivity contribution in [3.8, 4) is 0 Å². The van der Waals surface area contributed by atoms with E-state index in [4.69, 9.17) is 0 Å². The molecule has 2 N–H and O–H groups in total. The fourth-order valence-electron chi connectivity index (χ4n) is 3.53. The van der Waals surface area contributed by atoms with E-state index in [0.29, 0.717) is 17.0 Å². The molecule has 0 unspecified atom stereocenters. The minimum Gasteiger partial charge on any atom is -0.345 e. The largest absolute Gasteiger partial charge is 0.389 e. The van der Waals surface area contributed by atoms with Crippen LogP contribution in [0.25, 0.3) is 0 Å². The monoisotopic (exact) mass is 474 g/mol. The van der Waals surface area contributed by atoms with Crippen molar-refractivity contribution in [2.75, 3.05) is 11.9 Å². The number of amides is 3. The van der Waals surface area contributed by atoms with Crippen LogP contribution in [0.4, 0.5) is 18.9 Å². The average Bonchev–Trinajstić information content (AvgIpc) is 2.89. The summed E-state index contributed by atoms with van der Waals surface area (Å²) in [5, 5.41) is 4.91. The van der Waals surface area contributed by atoms with Crippen molar-refractivity contribution in [1.29, 1.82) is 0 Å². The standard InChI is InChI=1S/C24H25F3N4O3/c1-15(28-19(32)13-8-14-24(25,26)27)22(33)30-21-23(34)31(2)18-12-7-6-11-17(18)20(29-21)16-9-4-3-5-10-16/h3-7,9-12,15,21H,8,13-14H2,1-2H3,(H,28,32)(H,30,33)/t15-,21+/m0/s1. The summed E-state index contributed by atoms with van der Waals surface area (Å²) in [5.74, 6) is -1.84. The highest BCUT2D eigenvalue weighted by atomic mass is 19.4. The Hall–Kier alpha value is -3.69. The van der Waals surface area contributed by atoms with Crippen LogP contribution in [0, 0.1) is 0 Å².